The van der Waals surface area contributed by atoms with E-state index in [-0.39, 0.29) is 17.0 Å². The zero-order valence-corrected chi connectivity index (χ0v) is 13.8. The second-order valence-electron chi connectivity index (χ2n) is 5.57. The van der Waals surface area contributed by atoms with Crippen LogP contribution in [0.3, 0.4) is 0 Å². The first-order chi connectivity index (χ1) is 9.55. The number of thioether (sulfide) groups is 1. The van der Waals surface area contributed by atoms with Crippen molar-refractivity contribution in [3.8, 4) is 0 Å². The number of rotatable bonds is 4. The third kappa shape index (κ3) is 3.30. The molecule has 3 fully saturated rings. The van der Waals surface area contributed by atoms with Gasteiger partial charge in [-0.3, -0.25) is 4.90 Å². The Labute approximate surface area is 129 Å². The SMILES string of the molecule is O=S1(=O)C[C@@H]2SC(=S)N(CCCN3CCOCC3)[C@@H]2C1. The van der Waals surface area contributed by atoms with Crippen molar-refractivity contribution >= 4 is 38.1 Å². The molecule has 0 N–H and O–H groups in total. The first-order valence-electron chi connectivity index (χ1n) is 7.03. The van der Waals surface area contributed by atoms with E-state index in [1.54, 1.807) is 11.8 Å². The van der Waals surface area contributed by atoms with Gasteiger partial charge in [0.1, 0.15) is 4.32 Å². The molecule has 2 atom stereocenters. The number of sulfone groups is 1. The van der Waals surface area contributed by atoms with Crippen molar-refractivity contribution in [3.05, 3.63) is 0 Å². The van der Waals surface area contributed by atoms with Crippen LogP contribution in [0.2, 0.25) is 0 Å². The lowest BCUT2D eigenvalue weighted by atomic mass is 10.2. The summed E-state index contributed by atoms with van der Waals surface area (Å²) >= 11 is 6.98. The van der Waals surface area contributed by atoms with Crippen LogP contribution < -0.4 is 0 Å². The number of ether oxygens (including phenoxy) is 1. The number of thiocarbonyl (C=S) groups is 1. The minimum Gasteiger partial charge on any atom is -0.379 e. The van der Waals surface area contributed by atoms with Crippen molar-refractivity contribution in [1.82, 2.24) is 9.80 Å². The van der Waals surface area contributed by atoms with Crippen LogP contribution in [-0.4, -0.2) is 84.7 Å². The standard InChI is InChI=1S/C12H20N2O3S3/c15-20(16)8-10-11(9-20)19-12(18)14(10)3-1-2-13-4-6-17-7-5-13/h10-11H,1-9H2/t10-,11+/m1/s1. The number of nitrogens with zero attached hydrogens (tertiary/aromatic N) is 2. The molecule has 0 unspecified atom stereocenters. The molecule has 0 bridgehead atoms. The van der Waals surface area contributed by atoms with E-state index in [1.807, 2.05) is 0 Å². The second-order valence-corrected chi connectivity index (χ2v) is 9.59. The van der Waals surface area contributed by atoms with Gasteiger partial charge in [-0.05, 0) is 6.42 Å². The summed E-state index contributed by atoms with van der Waals surface area (Å²) in [4.78, 5) is 4.55. The van der Waals surface area contributed by atoms with Gasteiger partial charge in [-0.1, -0.05) is 24.0 Å². The average molecular weight is 337 g/mol. The van der Waals surface area contributed by atoms with Crippen molar-refractivity contribution in [2.75, 3.05) is 50.9 Å². The smallest absolute Gasteiger partial charge is 0.153 e. The average Bonchev–Trinajstić information content (AvgIpc) is 2.83. The van der Waals surface area contributed by atoms with E-state index < -0.39 is 9.84 Å². The first kappa shape index (κ1) is 15.0. The zero-order chi connectivity index (χ0) is 14.2. The molecule has 3 aliphatic heterocycles. The lowest BCUT2D eigenvalue weighted by Gasteiger charge is -2.29. The maximum absolute atomic E-state index is 11.7. The number of hydrogen-bond acceptors (Lipinski definition) is 6. The molecule has 8 heteroatoms. The molecule has 5 nitrogen and oxygen atoms in total. The third-order valence-corrected chi connectivity index (χ3v) is 7.81. The predicted molar refractivity (Wildman–Crippen MR) is 85.0 cm³/mol. The normalized spacial score (nSPS) is 33.6. The number of hydrogen-bond donors (Lipinski definition) is 0. The Kier molecular flexibility index (Phi) is 4.57. The van der Waals surface area contributed by atoms with E-state index >= 15 is 0 Å². The monoisotopic (exact) mass is 336 g/mol. The molecule has 114 valence electrons. The molecular formula is C12H20N2O3S3. The lowest BCUT2D eigenvalue weighted by Crippen LogP contribution is -2.40. The summed E-state index contributed by atoms with van der Waals surface area (Å²) in [5.41, 5.74) is 0. The molecular weight excluding hydrogens is 316 g/mol. The molecule has 0 radical (unpaired) electrons. The van der Waals surface area contributed by atoms with Gasteiger partial charge in [0.25, 0.3) is 0 Å². The van der Waals surface area contributed by atoms with Crippen LogP contribution in [0.4, 0.5) is 0 Å². The third-order valence-electron chi connectivity index (χ3n) is 4.14. The van der Waals surface area contributed by atoms with Crippen molar-refractivity contribution in [1.29, 1.82) is 0 Å². The van der Waals surface area contributed by atoms with Crippen molar-refractivity contribution < 1.29 is 13.2 Å². The van der Waals surface area contributed by atoms with Crippen molar-refractivity contribution in [3.63, 3.8) is 0 Å². The van der Waals surface area contributed by atoms with Crippen LogP contribution in [0.25, 0.3) is 0 Å². The molecule has 0 aromatic heterocycles. The van der Waals surface area contributed by atoms with Crippen LogP contribution in [-0.2, 0) is 14.6 Å². The quantitative estimate of drug-likeness (QED) is 0.680. The highest BCUT2D eigenvalue weighted by Gasteiger charge is 2.47. The van der Waals surface area contributed by atoms with Crippen LogP contribution in [0.1, 0.15) is 6.42 Å². The molecule has 3 heterocycles. The van der Waals surface area contributed by atoms with E-state index in [1.165, 1.54) is 0 Å². The fraction of sp³-hybridized carbons (Fsp3) is 0.917. The Morgan fingerprint density at radius 1 is 1.25 bits per heavy atom. The summed E-state index contributed by atoms with van der Waals surface area (Å²) in [5, 5.41) is 0.163. The largest absolute Gasteiger partial charge is 0.379 e. The summed E-state index contributed by atoms with van der Waals surface area (Å²) in [7, 11) is -2.86. The minimum atomic E-state index is -2.86. The Balaban J connectivity index is 1.50. The molecule has 3 saturated heterocycles. The highest BCUT2D eigenvalue weighted by Crippen LogP contribution is 2.38. The number of fused-ring (bicyclic) bond motifs is 1. The Morgan fingerprint density at radius 2 is 2.00 bits per heavy atom. The first-order valence-corrected chi connectivity index (χ1v) is 10.1. The maximum Gasteiger partial charge on any atom is 0.153 e. The molecule has 3 rings (SSSR count). The van der Waals surface area contributed by atoms with E-state index in [9.17, 15) is 8.42 Å². The summed E-state index contributed by atoms with van der Waals surface area (Å²) in [6.45, 7) is 5.55. The molecule has 0 aliphatic carbocycles. The molecule has 0 amide bonds. The van der Waals surface area contributed by atoms with Gasteiger partial charge in [-0.2, -0.15) is 0 Å². The van der Waals surface area contributed by atoms with Crippen molar-refractivity contribution in [2.45, 2.75) is 17.7 Å². The van der Waals surface area contributed by atoms with Gasteiger partial charge in [-0.25, -0.2) is 8.42 Å². The molecule has 0 aromatic carbocycles. The van der Waals surface area contributed by atoms with Gasteiger partial charge < -0.3 is 9.64 Å². The molecule has 0 spiro atoms. The minimum absolute atomic E-state index is 0.113. The fourth-order valence-corrected chi connectivity index (χ4v) is 7.51. The summed E-state index contributed by atoms with van der Waals surface area (Å²) in [6, 6.07) is 0.113. The van der Waals surface area contributed by atoms with Crippen LogP contribution in [0.15, 0.2) is 0 Å². The van der Waals surface area contributed by atoms with E-state index in [2.05, 4.69) is 9.80 Å². The Morgan fingerprint density at radius 3 is 2.75 bits per heavy atom. The zero-order valence-electron chi connectivity index (χ0n) is 11.4. The van der Waals surface area contributed by atoms with Crippen LogP contribution >= 0.6 is 24.0 Å². The van der Waals surface area contributed by atoms with E-state index in [0.29, 0.717) is 5.75 Å². The van der Waals surface area contributed by atoms with Gasteiger partial charge in [0.15, 0.2) is 9.84 Å². The van der Waals surface area contributed by atoms with Gasteiger partial charge in [0.2, 0.25) is 0 Å². The molecule has 3 aliphatic rings. The van der Waals surface area contributed by atoms with E-state index in [4.69, 9.17) is 17.0 Å². The Bertz CT molecular complexity index is 476. The van der Waals surface area contributed by atoms with Crippen molar-refractivity contribution in [2.24, 2.45) is 0 Å². The highest BCUT2D eigenvalue weighted by atomic mass is 32.2. The Hall–Kier alpha value is 0.110. The van der Waals surface area contributed by atoms with Crippen LogP contribution in [0.5, 0.6) is 0 Å². The molecule has 20 heavy (non-hydrogen) atoms. The maximum atomic E-state index is 11.7. The summed E-state index contributed by atoms with van der Waals surface area (Å²) < 4.78 is 29.6. The van der Waals surface area contributed by atoms with Gasteiger partial charge in [0, 0.05) is 31.4 Å². The summed E-state index contributed by atoms with van der Waals surface area (Å²) in [5.74, 6) is 0.574. The molecule has 0 aromatic rings. The highest BCUT2D eigenvalue weighted by molar-refractivity contribution is 8.24. The second kappa shape index (κ2) is 6.08. The number of morpholine rings is 1. The predicted octanol–water partition coefficient (Wildman–Crippen LogP) is 0.208. The van der Waals surface area contributed by atoms with E-state index in [0.717, 1.165) is 50.1 Å². The fourth-order valence-electron chi connectivity index (χ4n) is 3.08. The molecule has 0 saturated carbocycles. The van der Waals surface area contributed by atoms with Crippen LogP contribution in [0, 0.1) is 0 Å². The van der Waals surface area contributed by atoms with Gasteiger partial charge in [0.05, 0.1) is 30.8 Å². The topological polar surface area (TPSA) is 49.9 Å². The summed E-state index contributed by atoms with van der Waals surface area (Å²) in [6.07, 6.45) is 1.03. The lowest BCUT2D eigenvalue weighted by molar-refractivity contribution is 0.0366. The van der Waals surface area contributed by atoms with Gasteiger partial charge in [-0.15, -0.1) is 0 Å². The van der Waals surface area contributed by atoms with Gasteiger partial charge >= 0.3 is 0 Å².